The van der Waals surface area contributed by atoms with Crippen molar-refractivity contribution in [1.82, 2.24) is 9.88 Å². The molecule has 0 saturated carbocycles. The third-order valence-corrected chi connectivity index (χ3v) is 5.50. The van der Waals surface area contributed by atoms with Crippen LogP contribution in [0.25, 0.3) is 0 Å². The standard InChI is InChI=1S/C17H22F3N3O2/c1-11(25)13-3-4-14(21-15(13)17(18,19)20)23-8-12-7-22(2)6-5-16(12,9-23)10-24/h3-4,12,24H,5-10H2,1-2H3/t12-,16+/m1/s1. The largest absolute Gasteiger partial charge is 0.434 e. The van der Waals surface area contributed by atoms with E-state index in [4.69, 9.17) is 0 Å². The van der Waals surface area contributed by atoms with E-state index in [-0.39, 0.29) is 23.8 Å². The number of aliphatic hydroxyl groups is 1. The summed E-state index contributed by atoms with van der Waals surface area (Å²) in [6.45, 7) is 3.80. The van der Waals surface area contributed by atoms with Crippen LogP contribution in [0, 0.1) is 11.3 Å². The van der Waals surface area contributed by atoms with Gasteiger partial charge in [0.1, 0.15) is 5.82 Å². The van der Waals surface area contributed by atoms with Gasteiger partial charge in [0.25, 0.3) is 0 Å². The highest BCUT2D eigenvalue weighted by Crippen LogP contribution is 2.44. The van der Waals surface area contributed by atoms with Crippen LogP contribution in [0.2, 0.25) is 0 Å². The van der Waals surface area contributed by atoms with Crippen LogP contribution in [0.1, 0.15) is 29.4 Å². The first kappa shape index (κ1) is 18.1. The summed E-state index contributed by atoms with van der Waals surface area (Å²) in [5, 5.41) is 9.91. The number of nitrogens with zero attached hydrogens (tertiary/aromatic N) is 3. The Kier molecular flexibility index (Phi) is 4.53. The van der Waals surface area contributed by atoms with E-state index in [1.165, 1.54) is 12.1 Å². The van der Waals surface area contributed by atoms with E-state index >= 15 is 0 Å². The lowest BCUT2D eigenvalue weighted by atomic mass is 9.73. The first-order valence-corrected chi connectivity index (χ1v) is 8.30. The lowest BCUT2D eigenvalue weighted by molar-refractivity contribution is -0.141. The number of aliphatic hydroxyl groups excluding tert-OH is 1. The van der Waals surface area contributed by atoms with E-state index < -0.39 is 23.2 Å². The van der Waals surface area contributed by atoms with Crippen LogP contribution in [0.4, 0.5) is 19.0 Å². The van der Waals surface area contributed by atoms with Crippen molar-refractivity contribution in [3.05, 3.63) is 23.4 Å². The van der Waals surface area contributed by atoms with E-state index in [0.717, 1.165) is 26.4 Å². The van der Waals surface area contributed by atoms with Crippen molar-refractivity contribution in [2.24, 2.45) is 11.3 Å². The van der Waals surface area contributed by atoms with Gasteiger partial charge in [-0.3, -0.25) is 4.79 Å². The van der Waals surface area contributed by atoms with E-state index in [0.29, 0.717) is 13.1 Å². The molecule has 1 aromatic heterocycles. The van der Waals surface area contributed by atoms with Crippen LogP contribution in [0.15, 0.2) is 12.1 Å². The second-order valence-electron chi connectivity index (χ2n) is 7.23. The highest BCUT2D eigenvalue weighted by molar-refractivity contribution is 5.95. The number of fused-ring (bicyclic) bond motifs is 1. The van der Waals surface area contributed by atoms with Gasteiger partial charge < -0.3 is 14.9 Å². The quantitative estimate of drug-likeness (QED) is 0.839. The summed E-state index contributed by atoms with van der Waals surface area (Å²) in [7, 11) is 2.01. The Hall–Kier alpha value is -1.67. The molecule has 1 aromatic rings. The minimum absolute atomic E-state index is 0.0136. The molecule has 8 heteroatoms. The lowest BCUT2D eigenvalue weighted by Crippen LogP contribution is -2.47. The molecule has 3 rings (SSSR count). The first-order chi connectivity index (χ1) is 11.7. The molecule has 2 aliphatic heterocycles. The third kappa shape index (κ3) is 3.25. The van der Waals surface area contributed by atoms with Crippen LogP contribution >= 0.6 is 0 Å². The van der Waals surface area contributed by atoms with E-state index in [1.807, 2.05) is 7.05 Å². The number of ketones is 1. The van der Waals surface area contributed by atoms with Gasteiger partial charge in [-0.25, -0.2) is 4.98 Å². The molecule has 0 spiro atoms. The molecule has 5 nitrogen and oxygen atoms in total. The van der Waals surface area contributed by atoms with Crippen molar-refractivity contribution in [2.75, 3.05) is 44.7 Å². The summed E-state index contributed by atoms with van der Waals surface area (Å²) < 4.78 is 39.9. The average molecular weight is 357 g/mol. The minimum atomic E-state index is -4.68. The smallest absolute Gasteiger partial charge is 0.396 e. The zero-order valence-corrected chi connectivity index (χ0v) is 14.3. The van der Waals surface area contributed by atoms with Crippen LogP contribution in [-0.2, 0) is 6.18 Å². The van der Waals surface area contributed by atoms with Gasteiger partial charge in [0, 0.05) is 30.6 Å². The van der Waals surface area contributed by atoms with Crippen molar-refractivity contribution in [3.63, 3.8) is 0 Å². The Bertz CT molecular complexity index is 680. The topological polar surface area (TPSA) is 56.7 Å². The zero-order chi connectivity index (χ0) is 18.4. The number of rotatable bonds is 3. The monoisotopic (exact) mass is 357 g/mol. The van der Waals surface area contributed by atoms with Gasteiger partial charge in [0.05, 0.1) is 6.61 Å². The average Bonchev–Trinajstić information content (AvgIpc) is 2.92. The SMILES string of the molecule is CC(=O)c1ccc(N2C[C@H]3CN(C)CC[C@@]3(CO)C2)nc1C(F)(F)F. The lowest BCUT2D eigenvalue weighted by Gasteiger charge is -2.40. The van der Waals surface area contributed by atoms with Gasteiger partial charge in [-0.15, -0.1) is 0 Å². The number of carbonyl (C=O) groups excluding carboxylic acids is 1. The number of hydrogen-bond acceptors (Lipinski definition) is 5. The van der Waals surface area contributed by atoms with Crippen molar-refractivity contribution in [1.29, 1.82) is 0 Å². The molecule has 2 saturated heterocycles. The predicted octanol–water partition coefficient (Wildman–Crippen LogP) is 2.05. The molecular formula is C17H22F3N3O2. The zero-order valence-electron chi connectivity index (χ0n) is 14.3. The van der Waals surface area contributed by atoms with E-state index in [2.05, 4.69) is 9.88 Å². The molecule has 0 bridgehead atoms. The number of carbonyl (C=O) groups is 1. The Labute approximate surface area is 144 Å². The van der Waals surface area contributed by atoms with Crippen LogP contribution in [-0.4, -0.2) is 60.6 Å². The third-order valence-electron chi connectivity index (χ3n) is 5.50. The van der Waals surface area contributed by atoms with Crippen LogP contribution in [0.3, 0.4) is 0 Å². The van der Waals surface area contributed by atoms with Crippen molar-refractivity contribution < 1.29 is 23.1 Å². The summed E-state index contributed by atoms with van der Waals surface area (Å²) in [6, 6.07) is 2.67. The molecule has 1 N–H and O–H groups in total. The maximum atomic E-state index is 13.3. The number of hydrogen-bond donors (Lipinski definition) is 1. The van der Waals surface area contributed by atoms with Gasteiger partial charge >= 0.3 is 6.18 Å². The number of piperidine rings is 1. The van der Waals surface area contributed by atoms with Gasteiger partial charge in [0.2, 0.25) is 0 Å². The second kappa shape index (κ2) is 6.25. The Morgan fingerprint density at radius 3 is 2.72 bits per heavy atom. The number of Topliss-reactive ketones (excluding diaryl/α,β-unsaturated/α-hetero) is 1. The number of likely N-dealkylation sites (tertiary alicyclic amines) is 1. The fraction of sp³-hybridized carbons (Fsp3) is 0.647. The molecule has 0 amide bonds. The van der Waals surface area contributed by atoms with Crippen LogP contribution < -0.4 is 4.90 Å². The normalized spacial score (nSPS) is 27.4. The maximum absolute atomic E-state index is 13.3. The van der Waals surface area contributed by atoms with Gasteiger partial charge in [-0.05, 0) is 45.0 Å². The summed E-state index contributed by atoms with van der Waals surface area (Å²) in [6.07, 6.45) is -3.88. The number of halogens is 3. The van der Waals surface area contributed by atoms with Gasteiger partial charge in [-0.1, -0.05) is 0 Å². The molecule has 0 unspecified atom stereocenters. The number of pyridine rings is 1. The van der Waals surface area contributed by atoms with E-state index in [9.17, 15) is 23.1 Å². The summed E-state index contributed by atoms with van der Waals surface area (Å²) in [4.78, 5) is 19.2. The Morgan fingerprint density at radius 2 is 2.12 bits per heavy atom. The minimum Gasteiger partial charge on any atom is -0.396 e. The molecular weight excluding hydrogens is 335 g/mol. The number of aromatic nitrogens is 1. The highest BCUT2D eigenvalue weighted by Gasteiger charge is 2.49. The molecule has 2 atom stereocenters. The van der Waals surface area contributed by atoms with Gasteiger partial charge in [-0.2, -0.15) is 13.2 Å². The summed E-state index contributed by atoms with van der Waals surface area (Å²) in [5.41, 5.74) is -1.85. The fourth-order valence-corrected chi connectivity index (χ4v) is 4.01. The fourth-order valence-electron chi connectivity index (χ4n) is 4.01. The highest BCUT2D eigenvalue weighted by atomic mass is 19.4. The van der Waals surface area contributed by atoms with Gasteiger partial charge in [0.15, 0.2) is 11.5 Å². The molecule has 3 heterocycles. The Morgan fingerprint density at radius 1 is 1.40 bits per heavy atom. The molecule has 0 radical (unpaired) electrons. The second-order valence-corrected chi connectivity index (χ2v) is 7.23. The van der Waals surface area contributed by atoms with Crippen LogP contribution in [0.5, 0.6) is 0 Å². The molecule has 138 valence electrons. The maximum Gasteiger partial charge on any atom is 0.434 e. The predicted molar refractivity (Wildman–Crippen MR) is 86.6 cm³/mol. The molecule has 2 fully saturated rings. The summed E-state index contributed by atoms with van der Waals surface area (Å²) >= 11 is 0. The number of anilines is 1. The Balaban J connectivity index is 1.94. The molecule has 0 aliphatic carbocycles. The molecule has 25 heavy (non-hydrogen) atoms. The number of alkyl halides is 3. The van der Waals surface area contributed by atoms with Crippen molar-refractivity contribution in [2.45, 2.75) is 19.5 Å². The molecule has 0 aromatic carbocycles. The molecule has 2 aliphatic rings. The first-order valence-electron chi connectivity index (χ1n) is 8.30. The van der Waals surface area contributed by atoms with Crippen molar-refractivity contribution >= 4 is 11.6 Å². The summed E-state index contributed by atoms with van der Waals surface area (Å²) in [5.74, 6) is -0.267. The van der Waals surface area contributed by atoms with E-state index in [1.54, 1.807) is 4.90 Å². The van der Waals surface area contributed by atoms with Crippen molar-refractivity contribution in [3.8, 4) is 0 Å².